The molecule has 5 nitrogen and oxygen atoms in total. The average Bonchev–Trinajstić information content (AvgIpc) is 3.48. The van der Waals surface area contributed by atoms with Crippen molar-refractivity contribution in [2.24, 2.45) is 0 Å². The third-order valence-electron chi connectivity index (χ3n) is 5.36. The number of thiazole rings is 1. The maximum atomic E-state index is 13.7. The van der Waals surface area contributed by atoms with Crippen LogP contribution < -0.4 is 10.1 Å². The van der Waals surface area contributed by atoms with Crippen LogP contribution in [0.3, 0.4) is 0 Å². The number of rotatable bonds is 11. The van der Waals surface area contributed by atoms with Crippen LogP contribution in [-0.4, -0.2) is 20.3 Å². The molecule has 0 bridgehead atoms. The lowest BCUT2D eigenvalue weighted by Crippen LogP contribution is -2.10. The van der Waals surface area contributed by atoms with Crippen LogP contribution in [0.2, 0.25) is 0 Å². The molecule has 0 aliphatic heterocycles. The number of fused-ring (bicyclic) bond motifs is 1. The number of halogens is 3. The molecule has 0 atom stereocenters. The molecule has 0 unspecified atom stereocenters. The van der Waals surface area contributed by atoms with Crippen molar-refractivity contribution in [2.45, 2.75) is 51.6 Å². The van der Waals surface area contributed by atoms with E-state index in [0.29, 0.717) is 16.5 Å². The molecule has 2 aromatic carbocycles. The Labute approximate surface area is 204 Å². The van der Waals surface area contributed by atoms with E-state index in [1.54, 1.807) is 6.07 Å². The van der Waals surface area contributed by atoms with E-state index in [4.69, 9.17) is 4.74 Å². The van der Waals surface area contributed by atoms with Crippen LogP contribution >= 0.6 is 23.1 Å². The first-order chi connectivity index (χ1) is 16.5. The van der Waals surface area contributed by atoms with Crippen molar-refractivity contribution < 1.29 is 17.9 Å². The minimum Gasteiger partial charge on any atom is -0.493 e. The second kappa shape index (κ2) is 11.1. The summed E-state index contributed by atoms with van der Waals surface area (Å²) in [5.74, 6) is -0.144. The lowest BCUT2D eigenvalue weighted by Gasteiger charge is -2.15. The summed E-state index contributed by atoms with van der Waals surface area (Å²) in [5.41, 5.74) is 2.59. The van der Waals surface area contributed by atoms with E-state index in [-0.39, 0.29) is 12.4 Å². The molecule has 4 rings (SSSR count). The summed E-state index contributed by atoms with van der Waals surface area (Å²) in [6.45, 7) is 2.42. The van der Waals surface area contributed by atoms with E-state index in [1.165, 1.54) is 23.8 Å². The quantitative estimate of drug-likeness (QED) is 0.207. The van der Waals surface area contributed by atoms with Crippen molar-refractivity contribution in [2.75, 3.05) is 11.9 Å². The van der Waals surface area contributed by atoms with Gasteiger partial charge in [0.15, 0.2) is 5.13 Å². The van der Waals surface area contributed by atoms with E-state index >= 15 is 0 Å². The lowest BCUT2D eigenvalue weighted by molar-refractivity contribution is -0.138. The monoisotopic (exact) mass is 506 g/mol. The normalized spacial score (nSPS) is 11.8. The molecule has 180 valence electrons. The number of alkyl halides is 3. The molecule has 2 heterocycles. The van der Waals surface area contributed by atoms with Crippen molar-refractivity contribution in [3.05, 3.63) is 47.3 Å². The molecule has 1 N–H and O–H groups in total. The SMILES string of the molecule is CCCCCCCCOc1ccc(Nc2nc(-c3cccc4nsnc34)cs2)cc1C(F)(F)F. The van der Waals surface area contributed by atoms with Gasteiger partial charge in [0.1, 0.15) is 16.8 Å². The third kappa shape index (κ3) is 6.04. The van der Waals surface area contributed by atoms with Gasteiger partial charge in [-0.1, -0.05) is 51.2 Å². The topological polar surface area (TPSA) is 59.9 Å². The van der Waals surface area contributed by atoms with Crippen LogP contribution in [0.4, 0.5) is 24.0 Å². The summed E-state index contributed by atoms with van der Waals surface area (Å²) in [5, 5.41) is 5.33. The third-order valence-corrected chi connectivity index (χ3v) is 6.66. The minimum absolute atomic E-state index is 0.144. The van der Waals surface area contributed by atoms with E-state index in [2.05, 4.69) is 26.0 Å². The number of aromatic nitrogens is 3. The van der Waals surface area contributed by atoms with E-state index in [0.717, 1.165) is 66.5 Å². The highest BCUT2D eigenvalue weighted by molar-refractivity contribution is 7.14. The van der Waals surface area contributed by atoms with Gasteiger partial charge in [-0.15, -0.1) is 11.3 Å². The van der Waals surface area contributed by atoms with Gasteiger partial charge >= 0.3 is 6.18 Å². The fraction of sp³-hybridized carbons (Fsp3) is 0.375. The maximum absolute atomic E-state index is 13.7. The molecule has 2 aromatic heterocycles. The largest absolute Gasteiger partial charge is 0.493 e. The van der Waals surface area contributed by atoms with Gasteiger partial charge in [0.05, 0.1) is 29.6 Å². The summed E-state index contributed by atoms with van der Waals surface area (Å²) in [6, 6.07) is 9.69. The van der Waals surface area contributed by atoms with E-state index in [9.17, 15) is 13.2 Å². The zero-order valence-corrected chi connectivity index (χ0v) is 20.3. The first-order valence-corrected chi connectivity index (χ1v) is 12.8. The number of ether oxygens (including phenoxy) is 1. The summed E-state index contributed by atoms with van der Waals surface area (Å²) < 4.78 is 55.1. The molecule has 0 aliphatic carbocycles. The molecule has 0 aliphatic rings. The van der Waals surface area contributed by atoms with Crippen molar-refractivity contribution in [1.82, 2.24) is 13.7 Å². The Hall–Kier alpha value is -2.72. The van der Waals surface area contributed by atoms with Gasteiger partial charge in [0.25, 0.3) is 0 Å². The van der Waals surface area contributed by atoms with E-state index < -0.39 is 11.7 Å². The smallest absolute Gasteiger partial charge is 0.420 e. The fourth-order valence-corrected chi connectivity index (χ4v) is 4.89. The number of benzene rings is 2. The first kappa shape index (κ1) is 24.4. The number of hydrogen-bond acceptors (Lipinski definition) is 7. The molecule has 0 saturated heterocycles. The highest BCUT2D eigenvalue weighted by Crippen LogP contribution is 2.39. The van der Waals surface area contributed by atoms with Crippen LogP contribution in [0.1, 0.15) is 51.0 Å². The molecule has 0 saturated carbocycles. The maximum Gasteiger partial charge on any atom is 0.420 e. The number of unbranched alkanes of at least 4 members (excludes halogenated alkanes) is 5. The van der Waals surface area contributed by atoms with E-state index in [1.807, 2.05) is 23.6 Å². The molecule has 0 amide bonds. The molecule has 0 fully saturated rings. The van der Waals surface area contributed by atoms with Crippen LogP contribution in [0.25, 0.3) is 22.3 Å². The highest BCUT2D eigenvalue weighted by atomic mass is 32.1. The number of nitrogens with zero attached hydrogens (tertiary/aromatic N) is 3. The molecule has 4 aromatic rings. The van der Waals surface area contributed by atoms with Gasteiger partial charge in [0, 0.05) is 16.6 Å². The van der Waals surface area contributed by atoms with Gasteiger partial charge in [-0.3, -0.25) is 0 Å². The predicted octanol–water partition coefficient (Wildman–Crippen LogP) is 8.32. The van der Waals surface area contributed by atoms with Crippen molar-refractivity contribution in [1.29, 1.82) is 0 Å². The van der Waals surface area contributed by atoms with Crippen molar-refractivity contribution in [3.8, 4) is 17.0 Å². The lowest BCUT2D eigenvalue weighted by atomic mass is 10.1. The summed E-state index contributed by atoms with van der Waals surface area (Å²) >= 11 is 2.44. The molecule has 0 radical (unpaired) electrons. The van der Waals surface area contributed by atoms with Crippen LogP contribution in [-0.2, 0) is 6.18 Å². The Morgan fingerprint density at radius 3 is 2.65 bits per heavy atom. The minimum atomic E-state index is -4.52. The van der Waals surface area contributed by atoms with Gasteiger partial charge in [-0.05, 0) is 30.7 Å². The number of hydrogen-bond donors (Lipinski definition) is 1. The van der Waals surface area contributed by atoms with Crippen LogP contribution in [0.5, 0.6) is 5.75 Å². The van der Waals surface area contributed by atoms with Crippen LogP contribution in [0, 0.1) is 0 Å². The summed E-state index contributed by atoms with van der Waals surface area (Å²) in [6.07, 6.45) is 1.76. The Morgan fingerprint density at radius 1 is 1.00 bits per heavy atom. The van der Waals surface area contributed by atoms with Crippen LogP contribution in [0.15, 0.2) is 41.8 Å². The number of anilines is 2. The van der Waals surface area contributed by atoms with Gasteiger partial charge in [0.2, 0.25) is 0 Å². The average molecular weight is 507 g/mol. The standard InChI is InChI=1S/C24H25F3N4OS2/c1-2-3-4-5-6-7-13-32-21-12-11-16(14-18(21)24(25,26)27)28-23-29-20(15-33-23)17-9-8-10-19-22(17)31-34-30-19/h8-12,14-15H,2-7,13H2,1H3,(H,28,29). The summed E-state index contributed by atoms with van der Waals surface area (Å²) in [7, 11) is 0. The molecule has 10 heteroatoms. The zero-order valence-electron chi connectivity index (χ0n) is 18.7. The fourth-order valence-electron chi connectivity index (χ4n) is 3.61. The van der Waals surface area contributed by atoms with Gasteiger partial charge < -0.3 is 10.1 Å². The Kier molecular flexibility index (Phi) is 7.99. The number of nitrogens with one attached hydrogen (secondary N) is 1. The molecule has 0 spiro atoms. The highest BCUT2D eigenvalue weighted by Gasteiger charge is 2.34. The Balaban J connectivity index is 1.44. The van der Waals surface area contributed by atoms with Gasteiger partial charge in [-0.25, -0.2) is 4.98 Å². The second-order valence-electron chi connectivity index (χ2n) is 7.93. The molecular weight excluding hydrogens is 481 g/mol. The first-order valence-electron chi connectivity index (χ1n) is 11.2. The molecule has 34 heavy (non-hydrogen) atoms. The van der Waals surface area contributed by atoms with Crippen molar-refractivity contribution in [3.63, 3.8) is 0 Å². The zero-order chi connectivity index (χ0) is 24.0. The molecular formula is C24H25F3N4OS2. The second-order valence-corrected chi connectivity index (χ2v) is 9.31. The Bertz CT molecular complexity index is 1220. The van der Waals surface area contributed by atoms with Crippen molar-refractivity contribution >= 4 is 44.9 Å². The predicted molar refractivity (Wildman–Crippen MR) is 132 cm³/mol. The summed E-state index contributed by atoms with van der Waals surface area (Å²) in [4.78, 5) is 4.54. The Morgan fingerprint density at radius 2 is 1.82 bits per heavy atom. The van der Waals surface area contributed by atoms with Gasteiger partial charge in [-0.2, -0.15) is 21.9 Å².